The molecular weight excluding hydrogens is 464 g/mol. The van der Waals surface area contributed by atoms with Crippen LogP contribution in [0.15, 0.2) is 40.4 Å². The number of aliphatic imine (C=N–C) groups is 1. The van der Waals surface area contributed by atoms with Crippen molar-refractivity contribution in [2.45, 2.75) is 103 Å². The number of nitro benzene ring substituents is 1. The van der Waals surface area contributed by atoms with Crippen LogP contribution in [0, 0.1) is 10.1 Å². The van der Waals surface area contributed by atoms with E-state index in [1.54, 1.807) is 48.5 Å². The van der Waals surface area contributed by atoms with Crippen molar-refractivity contribution in [1.82, 2.24) is 0 Å². The fraction of sp³-hybridized carbons (Fsp3) is 0.593. The van der Waals surface area contributed by atoms with Crippen LogP contribution < -0.4 is 0 Å². The van der Waals surface area contributed by atoms with Gasteiger partial charge in [0.1, 0.15) is 22.3 Å². The second-order valence-electron chi connectivity index (χ2n) is 11.4. The van der Waals surface area contributed by atoms with E-state index in [0.29, 0.717) is 5.56 Å². The fourth-order valence-corrected chi connectivity index (χ4v) is 4.36. The van der Waals surface area contributed by atoms with Gasteiger partial charge in [-0.05, 0) is 73.4 Å². The minimum absolute atomic E-state index is 0.0323. The van der Waals surface area contributed by atoms with E-state index in [2.05, 4.69) is 0 Å². The van der Waals surface area contributed by atoms with Crippen LogP contribution in [-0.2, 0) is 29.4 Å². The van der Waals surface area contributed by atoms with E-state index < -0.39 is 33.7 Å². The second-order valence-corrected chi connectivity index (χ2v) is 11.4. The standard InChI is InChI=1S/C27H36N2O7/c1-25(2,3)35-23(30)20-21(24(31)36-26(4,5)6)27(7,17-13-15-19(16-14-17)29(32)33)34-22(20)28-18-11-9-8-10-12-18/h13-16,18H,8-12H2,1-7H3. The van der Waals surface area contributed by atoms with E-state index >= 15 is 0 Å². The van der Waals surface area contributed by atoms with Crippen molar-refractivity contribution in [3.05, 3.63) is 51.1 Å². The van der Waals surface area contributed by atoms with Gasteiger partial charge in [-0.1, -0.05) is 19.3 Å². The number of hydrogen-bond donors (Lipinski definition) is 0. The minimum Gasteiger partial charge on any atom is -0.461 e. The van der Waals surface area contributed by atoms with E-state index in [1.807, 2.05) is 0 Å². The maximum atomic E-state index is 13.6. The molecule has 0 radical (unpaired) electrons. The Morgan fingerprint density at radius 3 is 2.00 bits per heavy atom. The topological polar surface area (TPSA) is 117 Å². The molecule has 1 aliphatic carbocycles. The van der Waals surface area contributed by atoms with Gasteiger partial charge < -0.3 is 14.2 Å². The molecule has 1 aromatic carbocycles. The summed E-state index contributed by atoms with van der Waals surface area (Å²) in [6.45, 7) is 12.0. The summed E-state index contributed by atoms with van der Waals surface area (Å²) in [6, 6.07) is 5.64. The molecule has 3 rings (SSSR count). The van der Waals surface area contributed by atoms with Gasteiger partial charge in [0.05, 0.1) is 11.0 Å². The van der Waals surface area contributed by atoms with Crippen molar-refractivity contribution in [2.24, 2.45) is 4.99 Å². The van der Waals surface area contributed by atoms with Crippen molar-refractivity contribution in [3.63, 3.8) is 0 Å². The molecule has 1 aliphatic heterocycles. The molecule has 1 atom stereocenters. The van der Waals surface area contributed by atoms with Crippen LogP contribution in [0.2, 0.25) is 0 Å². The van der Waals surface area contributed by atoms with E-state index in [4.69, 9.17) is 19.2 Å². The highest BCUT2D eigenvalue weighted by molar-refractivity contribution is 6.23. The third-order valence-corrected chi connectivity index (χ3v) is 5.95. The van der Waals surface area contributed by atoms with Gasteiger partial charge in [0, 0.05) is 17.7 Å². The largest absolute Gasteiger partial charge is 0.461 e. The lowest BCUT2D eigenvalue weighted by molar-refractivity contribution is -0.384. The Kier molecular flexibility index (Phi) is 7.62. The van der Waals surface area contributed by atoms with Crippen LogP contribution in [0.25, 0.3) is 0 Å². The molecule has 0 bridgehead atoms. The third-order valence-electron chi connectivity index (χ3n) is 5.95. The number of ether oxygens (including phenoxy) is 3. The summed E-state index contributed by atoms with van der Waals surface area (Å²) in [4.78, 5) is 42.6. The second kappa shape index (κ2) is 10.0. The highest BCUT2D eigenvalue weighted by Gasteiger charge is 2.52. The van der Waals surface area contributed by atoms with Gasteiger partial charge >= 0.3 is 11.9 Å². The third kappa shape index (κ3) is 6.30. The quantitative estimate of drug-likeness (QED) is 0.295. The Morgan fingerprint density at radius 1 is 0.972 bits per heavy atom. The van der Waals surface area contributed by atoms with Gasteiger partial charge in [-0.25, -0.2) is 14.6 Å². The molecule has 0 aromatic heterocycles. The van der Waals surface area contributed by atoms with Gasteiger partial charge in [-0.3, -0.25) is 10.1 Å². The number of benzene rings is 1. The zero-order valence-corrected chi connectivity index (χ0v) is 22.2. The molecule has 0 saturated heterocycles. The van der Waals surface area contributed by atoms with E-state index in [1.165, 1.54) is 24.3 Å². The number of nitrogens with zero attached hydrogens (tertiary/aromatic N) is 2. The van der Waals surface area contributed by atoms with Crippen molar-refractivity contribution in [2.75, 3.05) is 0 Å². The molecule has 0 spiro atoms. The molecular formula is C27H36N2O7. The summed E-state index contributed by atoms with van der Waals surface area (Å²) < 4.78 is 17.7. The van der Waals surface area contributed by atoms with Crippen LogP contribution >= 0.6 is 0 Å². The highest BCUT2D eigenvalue weighted by atomic mass is 16.6. The lowest BCUT2D eigenvalue weighted by Gasteiger charge is -2.29. The zero-order valence-electron chi connectivity index (χ0n) is 22.2. The molecule has 1 heterocycles. The van der Waals surface area contributed by atoms with Crippen LogP contribution in [0.1, 0.15) is 86.1 Å². The molecule has 1 saturated carbocycles. The first-order valence-corrected chi connectivity index (χ1v) is 12.3. The number of carbonyl (C=O) groups is 2. The number of hydrogen-bond acceptors (Lipinski definition) is 8. The van der Waals surface area contributed by atoms with Gasteiger partial charge in [-0.15, -0.1) is 0 Å². The van der Waals surface area contributed by atoms with Crippen LogP contribution in [0.4, 0.5) is 5.69 Å². The maximum Gasteiger partial charge on any atom is 0.344 e. The highest BCUT2D eigenvalue weighted by Crippen LogP contribution is 2.44. The summed E-state index contributed by atoms with van der Waals surface area (Å²) in [6.07, 6.45) is 4.87. The Balaban J connectivity index is 2.23. The summed E-state index contributed by atoms with van der Waals surface area (Å²) in [7, 11) is 0. The predicted octanol–water partition coefficient (Wildman–Crippen LogP) is 5.55. The Labute approximate surface area is 212 Å². The van der Waals surface area contributed by atoms with E-state index in [-0.39, 0.29) is 28.8 Å². The zero-order chi connectivity index (χ0) is 26.9. The molecule has 2 aliphatic rings. The summed E-state index contributed by atoms with van der Waals surface area (Å²) in [5, 5.41) is 11.2. The Morgan fingerprint density at radius 2 is 1.50 bits per heavy atom. The molecule has 1 aromatic rings. The average molecular weight is 501 g/mol. The number of non-ortho nitro benzene ring substituents is 1. The summed E-state index contributed by atoms with van der Waals surface area (Å²) in [5.74, 6) is -1.43. The molecule has 196 valence electrons. The van der Waals surface area contributed by atoms with Gasteiger partial charge in [0.2, 0.25) is 5.90 Å². The van der Waals surface area contributed by atoms with Crippen LogP contribution in [0.3, 0.4) is 0 Å². The first-order chi connectivity index (χ1) is 16.6. The predicted molar refractivity (Wildman–Crippen MR) is 135 cm³/mol. The average Bonchev–Trinajstić information content (AvgIpc) is 3.05. The molecule has 1 unspecified atom stereocenters. The minimum atomic E-state index is -1.48. The lowest BCUT2D eigenvalue weighted by Crippen LogP contribution is -2.34. The Hall–Kier alpha value is -3.23. The normalized spacial score (nSPS) is 22.4. The van der Waals surface area contributed by atoms with Gasteiger partial charge in [-0.2, -0.15) is 0 Å². The first-order valence-electron chi connectivity index (χ1n) is 12.3. The van der Waals surface area contributed by atoms with Crippen LogP contribution in [0.5, 0.6) is 0 Å². The number of rotatable bonds is 5. The number of carbonyl (C=O) groups excluding carboxylic acids is 2. The summed E-state index contributed by atoms with van der Waals surface area (Å²) in [5.41, 5.74) is -2.90. The molecule has 9 nitrogen and oxygen atoms in total. The van der Waals surface area contributed by atoms with Crippen molar-refractivity contribution in [1.29, 1.82) is 0 Å². The van der Waals surface area contributed by atoms with Crippen molar-refractivity contribution < 1.29 is 28.7 Å². The van der Waals surface area contributed by atoms with Gasteiger partial charge in [0.15, 0.2) is 5.60 Å². The summed E-state index contributed by atoms with van der Waals surface area (Å²) >= 11 is 0. The lowest BCUT2D eigenvalue weighted by atomic mass is 9.86. The smallest absolute Gasteiger partial charge is 0.344 e. The van der Waals surface area contributed by atoms with E-state index in [9.17, 15) is 19.7 Å². The van der Waals surface area contributed by atoms with Crippen molar-refractivity contribution >= 4 is 23.5 Å². The fourth-order valence-electron chi connectivity index (χ4n) is 4.36. The van der Waals surface area contributed by atoms with Crippen LogP contribution in [-0.4, -0.2) is 40.0 Å². The maximum absolute atomic E-state index is 13.6. The molecule has 0 N–H and O–H groups in total. The van der Waals surface area contributed by atoms with Crippen molar-refractivity contribution in [3.8, 4) is 0 Å². The molecule has 1 fully saturated rings. The molecule has 9 heteroatoms. The number of esters is 2. The monoisotopic (exact) mass is 500 g/mol. The SMILES string of the molecule is CC(C)(C)OC(=O)C1=C(C(=O)OC(C)(C)C)C(C)(c2ccc([N+](=O)[O-])cc2)OC1=NC1CCCCC1. The number of nitro groups is 1. The van der Waals surface area contributed by atoms with E-state index in [0.717, 1.165) is 32.1 Å². The first kappa shape index (κ1) is 27.4. The Bertz CT molecular complexity index is 1080. The molecule has 36 heavy (non-hydrogen) atoms. The molecule has 0 amide bonds. The van der Waals surface area contributed by atoms with Gasteiger partial charge in [0.25, 0.3) is 5.69 Å².